The van der Waals surface area contributed by atoms with E-state index < -0.39 is 11.9 Å². The zero-order valence-corrected chi connectivity index (χ0v) is 12.9. The van der Waals surface area contributed by atoms with E-state index in [1.165, 1.54) is 6.26 Å². The number of rotatable bonds is 3. The molecule has 0 aromatic heterocycles. The largest absolute Gasteiger partial charge is 0.453 e. The summed E-state index contributed by atoms with van der Waals surface area (Å²) in [4.78, 5) is 12.0. The number of hydrogen-bond donors (Lipinski definition) is 0. The van der Waals surface area contributed by atoms with Crippen molar-refractivity contribution in [3.63, 3.8) is 0 Å². The van der Waals surface area contributed by atoms with Gasteiger partial charge in [-0.25, -0.2) is 0 Å². The van der Waals surface area contributed by atoms with Crippen LogP contribution >= 0.6 is 0 Å². The molecule has 4 nitrogen and oxygen atoms in total. The maximum atomic E-state index is 12.0. The number of allylic oxidation sites excluding steroid dienone is 2. The molecule has 22 heavy (non-hydrogen) atoms. The second kappa shape index (κ2) is 6.91. The van der Waals surface area contributed by atoms with Crippen LogP contribution in [-0.2, 0) is 19.0 Å². The Hall–Kier alpha value is -2.59. The first-order valence-electron chi connectivity index (χ1n) is 7.17. The van der Waals surface area contributed by atoms with Crippen LogP contribution in [-0.4, -0.2) is 17.9 Å². The molecule has 0 radical (unpaired) electrons. The average molecular weight is 298 g/mol. The highest BCUT2D eigenvalue weighted by atomic mass is 16.7. The molecule has 0 aromatic carbocycles. The first-order chi connectivity index (χ1) is 10.6. The molecule has 2 aliphatic rings. The summed E-state index contributed by atoms with van der Waals surface area (Å²) >= 11 is 0. The second-order valence-corrected chi connectivity index (χ2v) is 4.96. The summed E-state index contributed by atoms with van der Waals surface area (Å²) < 4.78 is 16.7. The molecule has 1 spiro atoms. The number of carbonyl (C=O) groups is 1. The van der Waals surface area contributed by atoms with Crippen molar-refractivity contribution in [1.29, 1.82) is 0 Å². The maximum Gasteiger partial charge on any atom is 0.312 e. The lowest BCUT2D eigenvalue weighted by Gasteiger charge is -2.28. The highest BCUT2D eigenvalue weighted by Crippen LogP contribution is 2.36. The molecular weight excluding hydrogens is 280 g/mol. The Labute approximate surface area is 130 Å². The Morgan fingerprint density at radius 1 is 1.55 bits per heavy atom. The highest BCUT2D eigenvalue weighted by molar-refractivity contribution is 5.72. The molecule has 0 saturated heterocycles. The monoisotopic (exact) mass is 298 g/mol. The molecule has 0 aromatic rings. The van der Waals surface area contributed by atoms with E-state index in [9.17, 15) is 4.79 Å². The van der Waals surface area contributed by atoms with Gasteiger partial charge in [0.25, 0.3) is 0 Å². The highest BCUT2D eigenvalue weighted by Gasteiger charge is 2.48. The summed E-state index contributed by atoms with van der Waals surface area (Å²) in [6.45, 7) is 5.49. The lowest BCUT2D eigenvalue weighted by Crippen LogP contribution is -2.41. The molecule has 0 aliphatic carbocycles. The summed E-state index contributed by atoms with van der Waals surface area (Å²) in [5.41, 5.74) is 0. The Kier molecular flexibility index (Phi) is 4.96. The van der Waals surface area contributed by atoms with Crippen LogP contribution in [0.4, 0.5) is 0 Å². The first-order valence-corrected chi connectivity index (χ1v) is 7.17. The van der Waals surface area contributed by atoms with Gasteiger partial charge in [-0.05, 0) is 37.3 Å². The van der Waals surface area contributed by atoms with E-state index in [-0.39, 0.29) is 11.9 Å². The van der Waals surface area contributed by atoms with Gasteiger partial charge in [0, 0.05) is 12.2 Å². The van der Waals surface area contributed by atoms with Crippen molar-refractivity contribution >= 4 is 5.97 Å². The number of esters is 1. The SMILES string of the molecule is CC#CC#C/C=C1\C=C[C@@]2(OC=C[C@@H]2OC(=O)[C@H](C)CC)O1. The van der Waals surface area contributed by atoms with Gasteiger partial charge in [0.2, 0.25) is 6.10 Å². The average Bonchev–Trinajstić information content (AvgIpc) is 3.11. The maximum absolute atomic E-state index is 12.0. The standard InChI is InChI=1S/C18H18O4/c1-4-6-7-8-9-15-10-12-18(22-15)16(11-13-20-18)21-17(19)14(3)5-2/h9-14,16H,5H2,1-3H3/b15-9+/t14-,16+,18-/m1/s1. The van der Waals surface area contributed by atoms with Gasteiger partial charge in [0.1, 0.15) is 5.76 Å². The third kappa shape index (κ3) is 3.35. The van der Waals surface area contributed by atoms with Crippen LogP contribution in [0.1, 0.15) is 27.2 Å². The van der Waals surface area contributed by atoms with Crippen molar-refractivity contribution in [3.8, 4) is 23.7 Å². The topological polar surface area (TPSA) is 44.8 Å². The van der Waals surface area contributed by atoms with Gasteiger partial charge in [0.15, 0.2) is 0 Å². The molecule has 0 fully saturated rings. The number of carbonyl (C=O) groups excluding carboxylic acids is 1. The van der Waals surface area contributed by atoms with Crippen LogP contribution in [0.15, 0.2) is 36.3 Å². The van der Waals surface area contributed by atoms with Gasteiger partial charge < -0.3 is 14.2 Å². The van der Waals surface area contributed by atoms with Gasteiger partial charge in [-0.2, -0.15) is 0 Å². The fourth-order valence-corrected chi connectivity index (χ4v) is 1.90. The minimum Gasteiger partial charge on any atom is -0.453 e. The van der Waals surface area contributed by atoms with Gasteiger partial charge in [-0.1, -0.05) is 25.7 Å². The van der Waals surface area contributed by atoms with Crippen LogP contribution in [0, 0.1) is 29.6 Å². The first kappa shape index (κ1) is 15.8. The third-order valence-corrected chi connectivity index (χ3v) is 3.39. The van der Waals surface area contributed by atoms with Gasteiger partial charge >= 0.3 is 11.8 Å². The zero-order valence-electron chi connectivity index (χ0n) is 12.9. The minimum atomic E-state index is -1.12. The summed E-state index contributed by atoms with van der Waals surface area (Å²) in [7, 11) is 0. The van der Waals surface area contributed by atoms with Crippen LogP contribution in [0.5, 0.6) is 0 Å². The quantitative estimate of drug-likeness (QED) is 0.593. The molecule has 0 N–H and O–H groups in total. The van der Waals surface area contributed by atoms with Crippen molar-refractivity contribution < 1.29 is 19.0 Å². The molecule has 0 unspecified atom stereocenters. The van der Waals surface area contributed by atoms with E-state index in [1.807, 2.05) is 13.8 Å². The lowest BCUT2D eigenvalue weighted by atomic mass is 10.1. The minimum absolute atomic E-state index is 0.162. The van der Waals surface area contributed by atoms with Crippen molar-refractivity contribution in [2.75, 3.05) is 0 Å². The Morgan fingerprint density at radius 3 is 3.09 bits per heavy atom. The predicted molar refractivity (Wildman–Crippen MR) is 81.8 cm³/mol. The fraction of sp³-hybridized carbons (Fsp3) is 0.389. The summed E-state index contributed by atoms with van der Waals surface area (Å²) in [5.74, 6) is 9.75. The van der Waals surface area contributed by atoms with Crippen molar-refractivity contribution in [2.45, 2.75) is 39.1 Å². The van der Waals surface area contributed by atoms with Gasteiger partial charge in [-0.15, -0.1) is 0 Å². The van der Waals surface area contributed by atoms with E-state index >= 15 is 0 Å². The van der Waals surface area contributed by atoms with E-state index in [1.54, 1.807) is 31.2 Å². The molecular formula is C18H18O4. The second-order valence-electron chi connectivity index (χ2n) is 4.96. The molecule has 2 rings (SSSR count). The summed E-state index contributed by atoms with van der Waals surface area (Å²) in [5, 5.41) is 0. The number of ether oxygens (including phenoxy) is 3. The Morgan fingerprint density at radius 2 is 2.36 bits per heavy atom. The molecule has 2 aliphatic heterocycles. The van der Waals surface area contributed by atoms with Gasteiger partial charge in [-0.3, -0.25) is 4.79 Å². The van der Waals surface area contributed by atoms with Crippen LogP contribution < -0.4 is 0 Å². The van der Waals surface area contributed by atoms with Gasteiger partial charge in [0.05, 0.1) is 12.2 Å². The number of hydrogen-bond acceptors (Lipinski definition) is 4. The van der Waals surface area contributed by atoms with E-state index in [0.717, 1.165) is 6.42 Å². The molecule has 2 heterocycles. The van der Waals surface area contributed by atoms with E-state index in [4.69, 9.17) is 14.2 Å². The molecule has 3 atom stereocenters. The van der Waals surface area contributed by atoms with Crippen LogP contribution in [0.25, 0.3) is 0 Å². The molecule has 4 heteroatoms. The van der Waals surface area contributed by atoms with Crippen molar-refractivity contribution in [3.05, 3.63) is 36.3 Å². The fourth-order valence-electron chi connectivity index (χ4n) is 1.90. The zero-order chi connectivity index (χ0) is 16.0. The third-order valence-electron chi connectivity index (χ3n) is 3.39. The summed E-state index contributed by atoms with van der Waals surface area (Å²) in [6, 6.07) is 0. The lowest BCUT2D eigenvalue weighted by molar-refractivity contribution is -0.193. The van der Waals surface area contributed by atoms with Crippen molar-refractivity contribution in [1.82, 2.24) is 0 Å². The smallest absolute Gasteiger partial charge is 0.312 e. The Balaban J connectivity index is 2.06. The predicted octanol–water partition coefficient (Wildman–Crippen LogP) is 2.68. The van der Waals surface area contributed by atoms with Crippen LogP contribution in [0.3, 0.4) is 0 Å². The van der Waals surface area contributed by atoms with Crippen molar-refractivity contribution in [2.24, 2.45) is 5.92 Å². The molecule has 0 bridgehead atoms. The van der Waals surface area contributed by atoms with E-state index in [2.05, 4.69) is 23.7 Å². The molecule has 0 saturated carbocycles. The van der Waals surface area contributed by atoms with Crippen LogP contribution in [0.2, 0.25) is 0 Å². The van der Waals surface area contributed by atoms with E-state index in [0.29, 0.717) is 5.76 Å². The molecule has 0 amide bonds. The Bertz CT molecular complexity index is 648. The normalized spacial score (nSPS) is 27.4. The molecule has 114 valence electrons. The summed E-state index contributed by atoms with van der Waals surface area (Å²) in [6.07, 6.45) is 8.33.